The van der Waals surface area contributed by atoms with Crippen molar-refractivity contribution < 1.29 is 4.79 Å². The van der Waals surface area contributed by atoms with Gasteiger partial charge in [0.15, 0.2) is 0 Å². The summed E-state index contributed by atoms with van der Waals surface area (Å²) in [4.78, 5) is 26.2. The van der Waals surface area contributed by atoms with Gasteiger partial charge in [0.2, 0.25) is 11.9 Å². The Hall–Kier alpha value is -3.41. The van der Waals surface area contributed by atoms with E-state index in [9.17, 15) is 4.79 Å². The lowest BCUT2D eigenvalue weighted by Gasteiger charge is -2.32. The Morgan fingerprint density at radius 3 is 2.44 bits per heavy atom. The van der Waals surface area contributed by atoms with Crippen molar-refractivity contribution >= 4 is 17.5 Å². The quantitative estimate of drug-likeness (QED) is 0.549. The molecule has 0 spiro atoms. The second-order valence-corrected chi connectivity index (χ2v) is 8.32. The molecule has 2 aromatic carbocycles. The van der Waals surface area contributed by atoms with Crippen LogP contribution in [0.3, 0.4) is 0 Å². The average molecular weight is 430 g/mol. The monoisotopic (exact) mass is 429 g/mol. The van der Waals surface area contributed by atoms with Crippen LogP contribution in [0.4, 0.5) is 11.6 Å². The number of carbonyl (C=O) groups excluding carboxylic acids is 1. The third kappa shape index (κ3) is 5.63. The van der Waals surface area contributed by atoms with E-state index in [2.05, 4.69) is 56.4 Å². The molecule has 1 fully saturated rings. The van der Waals surface area contributed by atoms with Crippen LogP contribution in [0.2, 0.25) is 0 Å². The Kier molecular flexibility index (Phi) is 7.33. The topological polar surface area (TPSA) is 61.4 Å². The van der Waals surface area contributed by atoms with Crippen LogP contribution in [0.1, 0.15) is 19.3 Å². The van der Waals surface area contributed by atoms with Gasteiger partial charge in [-0.15, -0.1) is 0 Å². The van der Waals surface area contributed by atoms with Crippen molar-refractivity contribution in [3.63, 3.8) is 0 Å². The molecule has 6 nitrogen and oxygen atoms in total. The van der Waals surface area contributed by atoms with E-state index in [1.807, 2.05) is 48.8 Å². The number of anilines is 2. The number of benzene rings is 2. The van der Waals surface area contributed by atoms with E-state index in [1.165, 1.54) is 5.69 Å². The first-order chi connectivity index (χ1) is 15.7. The Morgan fingerprint density at radius 2 is 1.72 bits per heavy atom. The number of rotatable bonds is 8. The molecule has 4 rings (SSSR count). The number of aromatic nitrogens is 2. The Morgan fingerprint density at radius 1 is 1.03 bits per heavy atom. The molecule has 0 aliphatic carbocycles. The van der Waals surface area contributed by atoms with E-state index in [0.717, 1.165) is 43.5 Å². The van der Waals surface area contributed by atoms with Gasteiger partial charge in [0, 0.05) is 56.9 Å². The zero-order valence-corrected chi connectivity index (χ0v) is 18.7. The highest BCUT2D eigenvalue weighted by Gasteiger charge is 2.26. The second-order valence-electron chi connectivity index (χ2n) is 8.32. The van der Waals surface area contributed by atoms with Crippen molar-refractivity contribution in [1.82, 2.24) is 15.3 Å². The summed E-state index contributed by atoms with van der Waals surface area (Å²) in [5.74, 6) is 0.817. The van der Waals surface area contributed by atoms with Crippen molar-refractivity contribution in [1.29, 1.82) is 0 Å². The number of amides is 1. The van der Waals surface area contributed by atoms with E-state index in [1.54, 1.807) is 0 Å². The van der Waals surface area contributed by atoms with Crippen LogP contribution in [0, 0.1) is 5.92 Å². The lowest BCUT2D eigenvalue weighted by atomic mass is 9.97. The first kappa shape index (κ1) is 21.8. The highest BCUT2D eigenvalue weighted by atomic mass is 16.1. The van der Waals surface area contributed by atoms with E-state index in [4.69, 9.17) is 0 Å². The summed E-state index contributed by atoms with van der Waals surface area (Å²) in [5.41, 5.74) is 3.30. The zero-order chi connectivity index (χ0) is 22.2. The fourth-order valence-corrected chi connectivity index (χ4v) is 4.12. The molecule has 1 amide bonds. The molecule has 1 aliphatic heterocycles. The molecule has 3 aromatic rings. The summed E-state index contributed by atoms with van der Waals surface area (Å²) in [7, 11) is 2.08. The number of hydrogen-bond acceptors (Lipinski definition) is 5. The smallest absolute Gasteiger partial charge is 0.225 e. The van der Waals surface area contributed by atoms with Gasteiger partial charge in [0.1, 0.15) is 0 Å². The molecule has 6 heteroatoms. The van der Waals surface area contributed by atoms with Crippen molar-refractivity contribution in [2.24, 2.45) is 5.92 Å². The summed E-state index contributed by atoms with van der Waals surface area (Å²) in [5, 5.41) is 3.13. The molecule has 32 heavy (non-hydrogen) atoms. The van der Waals surface area contributed by atoms with Crippen molar-refractivity contribution in [2.75, 3.05) is 43.0 Å². The molecule has 1 saturated heterocycles. The summed E-state index contributed by atoms with van der Waals surface area (Å²) in [6.45, 7) is 3.15. The van der Waals surface area contributed by atoms with Gasteiger partial charge in [-0.05, 0) is 37.0 Å². The van der Waals surface area contributed by atoms with Gasteiger partial charge in [-0.1, -0.05) is 48.5 Å². The number of hydrogen-bond donors (Lipinski definition) is 1. The Labute approximate surface area is 190 Å². The zero-order valence-electron chi connectivity index (χ0n) is 18.7. The van der Waals surface area contributed by atoms with Crippen LogP contribution in [-0.2, 0) is 4.79 Å². The van der Waals surface area contributed by atoms with E-state index >= 15 is 0 Å². The molecule has 0 bridgehead atoms. The summed E-state index contributed by atoms with van der Waals surface area (Å²) < 4.78 is 0. The predicted octanol–water partition coefficient (Wildman–Crippen LogP) is 4.00. The SMILES string of the molecule is CN(CCCNC(=O)[C@@H]1CCCN(c2ncc(-c3ccccc3)cn2)C1)c1ccccc1. The van der Waals surface area contributed by atoms with E-state index in [0.29, 0.717) is 19.0 Å². The van der Waals surface area contributed by atoms with E-state index in [-0.39, 0.29) is 11.8 Å². The molecule has 1 atom stereocenters. The number of piperidine rings is 1. The molecular weight excluding hydrogens is 398 g/mol. The fourth-order valence-electron chi connectivity index (χ4n) is 4.12. The van der Waals surface area contributed by atoms with Crippen molar-refractivity contribution in [3.05, 3.63) is 73.1 Å². The minimum atomic E-state index is -0.0204. The van der Waals surface area contributed by atoms with Gasteiger partial charge in [-0.3, -0.25) is 4.79 Å². The number of nitrogens with one attached hydrogen (secondary N) is 1. The summed E-state index contributed by atoms with van der Waals surface area (Å²) in [6.07, 6.45) is 6.53. The molecule has 0 radical (unpaired) electrons. The number of carbonyl (C=O) groups is 1. The lowest BCUT2D eigenvalue weighted by molar-refractivity contribution is -0.125. The van der Waals surface area contributed by atoms with Crippen LogP contribution < -0.4 is 15.1 Å². The van der Waals surface area contributed by atoms with E-state index < -0.39 is 0 Å². The first-order valence-corrected chi connectivity index (χ1v) is 11.4. The maximum Gasteiger partial charge on any atom is 0.225 e. The molecule has 0 saturated carbocycles. The highest BCUT2D eigenvalue weighted by molar-refractivity contribution is 5.79. The number of para-hydroxylation sites is 1. The molecule has 1 aromatic heterocycles. The average Bonchev–Trinajstić information content (AvgIpc) is 2.87. The van der Waals surface area contributed by atoms with Gasteiger partial charge in [-0.25, -0.2) is 9.97 Å². The largest absolute Gasteiger partial charge is 0.375 e. The molecule has 1 aliphatic rings. The normalized spacial score (nSPS) is 15.9. The highest BCUT2D eigenvalue weighted by Crippen LogP contribution is 2.23. The fraction of sp³-hybridized carbons (Fsp3) is 0.346. The van der Waals surface area contributed by atoms with Gasteiger partial charge in [-0.2, -0.15) is 0 Å². The second kappa shape index (κ2) is 10.8. The van der Waals surface area contributed by atoms with Crippen molar-refractivity contribution in [3.8, 4) is 11.1 Å². The molecular formula is C26H31N5O. The molecule has 0 unspecified atom stereocenters. The van der Waals surface area contributed by atoms with Crippen LogP contribution in [-0.4, -0.2) is 49.1 Å². The van der Waals surface area contributed by atoms with Crippen LogP contribution in [0.15, 0.2) is 73.1 Å². The predicted molar refractivity (Wildman–Crippen MR) is 130 cm³/mol. The Balaban J connectivity index is 1.25. The minimum absolute atomic E-state index is 0.0204. The number of nitrogens with zero attached hydrogens (tertiary/aromatic N) is 4. The molecule has 2 heterocycles. The van der Waals surface area contributed by atoms with Gasteiger partial charge < -0.3 is 15.1 Å². The van der Waals surface area contributed by atoms with Crippen LogP contribution in [0.5, 0.6) is 0 Å². The first-order valence-electron chi connectivity index (χ1n) is 11.4. The van der Waals surface area contributed by atoms with Crippen molar-refractivity contribution in [2.45, 2.75) is 19.3 Å². The molecule has 1 N–H and O–H groups in total. The van der Waals surface area contributed by atoms with Gasteiger partial charge >= 0.3 is 0 Å². The van der Waals surface area contributed by atoms with Crippen LogP contribution in [0.25, 0.3) is 11.1 Å². The van der Waals surface area contributed by atoms with Crippen LogP contribution >= 0.6 is 0 Å². The summed E-state index contributed by atoms with van der Waals surface area (Å²) in [6, 6.07) is 20.4. The standard InChI is InChI=1S/C26H31N5O/c1-30(24-13-6-3-7-14-24)16-9-15-27-25(32)22-12-8-17-31(20-22)26-28-18-23(19-29-26)21-10-4-2-5-11-21/h2-7,10-11,13-14,18-19,22H,8-9,12,15-17,20H2,1H3,(H,27,32)/t22-/m1/s1. The van der Waals surface area contributed by atoms with Gasteiger partial charge in [0.25, 0.3) is 0 Å². The van der Waals surface area contributed by atoms with Gasteiger partial charge in [0.05, 0.1) is 5.92 Å². The third-order valence-corrected chi connectivity index (χ3v) is 5.99. The third-order valence-electron chi connectivity index (χ3n) is 5.99. The molecule has 166 valence electrons. The maximum absolute atomic E-state index is 12.7. The Bertz CT molecular complexity index is 978. The minimum Gasteiger partial charge on any atom is -0.375 e. The lowest BCUT2D eigenvalue weighted by Crippen LogP contribution is -2.44. The summed E-state index contributed by atoms with van der Waals surface area (Å²) >= 11 is 0. The maximum atomic E-state index is 12.7.